The molecule has 0 amide bonds. The molecule has 3 heteroatoms. The second kappa shape index (κ2) is 3.19. The molecule has 2 aliphatic heterocycles. The molecule has 1 saturated carbocycles. The average Bonchev–Trinajstić information content (AvgIpc) is 2.87. The van der Waals surface area contributed by atoms with Gasteiger partial charge in [-0.05, 0) is 25.8 Å². The van der Waals surface area contributed by atoms with E-state index in [1.807, 2.05) is 0 Å². The van der Waals surface area contributed by atoms with Gasteiger partial charge in [-0.2, -0.15) is 0 Å². The zero-order valence-corrected chi connectivity index (χ0v) is 8.91. The van der Waals surface area contributed by atoms with E-state index in [4.69, 9.17) is 5.73 Å². The third-order valence-electron chi connectivity index (χ3n) is 4.09. The van der Waals surface area contributed by atoms with E-state index in [0.29, 0.717) is 5.41 Å². The molecule has 3 rings (SSSR count). The first-order valence-corrected chi connectivity index (χ1v) is 5.98. The minimum absolute atomic E-state index is 0.678. The van der Waals surface area contributed by atoms with Gasteiger partial charge in [0.05, 0.1) is 0 Å². The topological polar surface area (TPSA) is 32.5 Å². The monoisotopic (exact) mass is 195 g/mol. The van der Waals surface area contributed by atoms with Crippen molar-refractivity contribution in [1.82, 2.24) is 9.80 Å². The lowest BCUT2D eigenvalue weighted by Gasteiger charge is -2.48. The van der Waals surface area contributed by atoms with E-state index < -0.39 is 0 Å². The van der Waals surface area contributed by atoms with Crippen molar-refractivity contribution in [3.63, 3.8) is 0 Å². The molecule has 0 radical (unpaired) electrons. The quantitative estimate of drug-likeness (QED) is 0.694. The summed E-state index contributed by atoms with van der Waals surface area (Å²) < 4.78 is 0. The summed E-state index contributed by atoms with van der Waals surface area (Å²) in [5.41, 5.74) is 6.24. The first-order valence-electron chi connectivity index (χ1n) is 5.98. The van der Waals surface area contributed by atoms with Gasteiger partial charge in [-0.3, -0.25) is 4.90 Å². The Hall–Kier alpha value is -0.120. The van der Waals surface area contributed by atoms with E-state index in [1.165, 1.54) is 45.4 Å². The van der Waals surface area contributed by atoms with Crippen LogP contribution in [-0.2, 0) is 0 Å². The number of likely N-dealkylation sites (tertiary alicyclic amines) is 2. The fourth-order valence-electron chi connectivity index (χ4n) is 3.22. The number of nitrogens with two attached hydrogens (primary N) is 1. The maximum Gasteiger partial charge on any atom is 0.0105 e. The van der Waals surface area contributed by atoms with Gasteiger partial charge in [-0.15, -0.1) is 0 Å². The molecule has 0 atom stereocenters. The van der Waals surface area contributed by atoms with Gasteiger partial charge in [0.1, 0.15) is 0 Å². The molecule has 80 valence electrons. The SMILES string of the molecule is NCCN1CC2(CCN(C3CC3)C2)C1. The van der Waals surface area contributed by atoms with Gasteiger partial charge in [0, 0.05) is 44.2 Å². The third-order valence-corrected chi connectivity index (χ3v) is 4.09. The third kappa shape index (κ3) is 1.47. The highest BCUT2D eigenvalue weighted by Gasteiger charge is 2.49. The number of hydrogen-bond donors (Lipinski definition) is 1. The Labute approximate surface area is 86.2 Å². The molecule has 3 aliphatic rings. The first kappa shape index (κ1) is 9.13. The predicted molar refractivity (Wildman–Crippen MR) is 57.1 cm³/mol. The lowest BCUT2D eigenvalue weighted by molar-refractivity contribution is 0.0106. The van der Waals surface area contributed by atoms with Gasteiger partial charge < -0.3 is 10.6 Å². The summed E-state index contributed by atoms with van der Waals surface area (Å²) in [6, 6.07) is 0.970. The van der Waals surface area contributed by atoms with Crippen molar-refractivity contribution >= 4 is 0 Å². The van der Waals surface area contributed by atoms with Gasteiger partial charge >= 0.3 is 0 Å². The van der Waals surface area contributed by atoms with Crippen molar-refractivity contribution in [2.24, 2.45) is 11.1 Å². The average molecular weight is 195 g/mol. The Morgan fingerprint density at radius 3 is 2.64 bits per heavy atom. The Morgan fingerprint density at radius 1 is 1.21 bits per heavy atom. The van der Waals surface area contributed by atoms with Crippen molar-refractivity contribution in [2.75, 3.05) is 39.3 Å². The highest BCUT2D eigenvalue weighted by Crippen LogP contribution is 2.43. The van der Waals surface area contributed by atoms with Gasteiger partial charge in [0.25, 0.3) is 0 Å². The largest absolute Gasteiger partial charge is 0.329 e. The molecule has 1 spiro atoms. The first-order chi connectivity index (χ1) is 6.81. The predicted octanol–water partition coefficient (Wildman–Crippen LogP) is 0.115. The van der Waals surface area contributed by atoms with Crippen LogP contribution in [0.15, 0.2) is 0 Å². The number of rotatable bonds is 3. The van der Waals surface area contributed by atoms with E-state index in [-0.39, 0.29) is 0 Å². The van der Waals surface area contributed by atoms with Crippen LogP contribution in [0.4, 0.5) is 0 Å². The van der Waals surface area contributed by atoms with E-state index in [1.54, 1.807) is 0 Å². The standard InChI is InChI=1S/C11H21N3/c12-4-6-13-7-11(8-13)3-5-14(9-11)10-1-2-10/h10H,1-9,12H2. The maximum atomic E-state index is 5.56. The lowest BCUT2D eigenvalue weighted by atomic mass is 9.79. The molecule has 2 N–H and O–H groups in total. The molecule has 0 aromatic rings. The van der Waals surface area contributed by atoms with Crippen LogP contribution < -0.4 is 5.73 Å². The van der Waals surface area contributed by atoms with Crippen molar-refractivity contribution in [1.29, 1.82) is 0 Å². The van der Waals surface area contributed by atoms with Gasteiger partial charge in [0.2, 0.25) is 0 Å². The molecule has 14 heavy (non-hydrogen) atoms. The normalized spacial score (nSPS) is 32.4. The number of hydrogen-bond acceptors (Lipinski definition) is 3. The number of nitrogens with zero attached hydrogens (tertiary/aromatic N) is 2. The second-order valence-electron chi connectivity index (χ2n) is 5.45. The lowest BCUT2D eigenvalue weighted by Crippen LogP contribution is -2.58. The summed E-state index contributed by atoms with van der Waals surface area (Å²) in [5.74, 6) is 0. The molecular formula is C11H21N3. The smallest absolute Gasteiger partial charge is 0.0105 e. The molecule has 3 nitrogen and oxygen atoms in total. The molecule has 0 aromatic heterocycles. The fourth-order valence-corrected chi connectivity index (χ4v) is 3.22. The van der Waals surface area contributed by atoms with Crippen LogP contribution >= 0.6 is 0 Å². The highest BCUT2D eigenvalue weighted by atomic mass is 15.3. The van der Waals surface area contributed by atoms with Gasteiger partial charge in [-0.1, -0.05) is 0 Å². The van der Waals surface area contributed by atoms with Gasteiger partial charge in [0.15, 0.2) is 0 Å². The van der Waals surface area contributed by atoms with Crippen molar-refractivity contribution in [3.8, 4) is 0 Å². The zero-order valence-electron chi connectivity index (χ0n) is 8.91. The summed E-state index contributed by atoms with van der Waals surface area (Å²) in [6.07, 6.45) is 4.36. The van der Waals surface area contributed by atoms with Crippen LogP contribution in [0.3, 0.4) is 0 Å². The summed E-state index contributed by atoms with van der Waals surface area (Å²) in [6.45, 7) is 7.29. The summed E-state index contributed by atoms with van der Waals surface area (Å²) in [7, 11) is 0. The summed E-state index contributed by atoms with van der Waals surface area (Å²) in [4.78, 5) is 5.23. The Balaban J connectivity index is 1.51. The molecule has 3 fully saturated rings. The second-order valence-corrected chi connectivity index (χ2v) is 5.45. The van der Waals surface area contributed by atoms with Gasteiger partial charge in [-0.25, -0.2) is 0 Å². The van der Waals surface area contributed by atoms with Crippen LogP contribution in [0.1, 0.15) is 19.3 Å². The Kier molecular flexibility index (Phi) is 2.08. The molecule has 0 aromatic carbocycles. The maximum absolute atomic E-state index is 5.56. The molecule has 0 unspecified atom stereocenters. The Bertz CT molecular complexity index is 219. The van der Waals surface area contributed by atoms with E-state index in [2.05, 4.69) is 9.80 Å². The van der Waals surface area contributed by atoms with Crippen LogP contribution in [0.5, 0.6) is 0 Å². The van der Waals surface area contributed by atoms with Crippen molar-refractivity contribution < 1.29 is 0 Å². The van der Waals surface area contributed by atoms with Crippen molar-refractivity contribution in [2.45, 2.75) is 25.3 Å². The van der Waals surface area contributed by atoms with E-state index in [0.717, 1.165) is 19.1 Å². The summed E-state index contributed by atoms with van der Waals surface area (Å²) in [5, 5.41) is 0. The van der Waals surface area contributed by atoms with Crippen LogP contribution in [0, 0.1) is 5.41 Å². The summed E-state index contributed by atoms with van der Waals surface area (Å²) >= 11 is 0. The van der Waals surface area contributed by atoms with E-state index in [9.17, 15) is 0 Å². The molecule has 2 saturated heterocycles. The molecule has 1 aliphatic carbocycles. The van der Waals surface area contributed by atoms with Crippen LogP contribution in [0.2, 0.25) is 0 Å². The fraction of sp³-hybridized carbons (Fsp3) is 1.00. The molecular weight excluding hydrogens is 174 g/mol. The Morgan fingerprint density at radius 2 is 2.00 bits per heavy atom. The van der Waals surface area contributed by atoms with Crippen LogP contribution in [0.25, 0.3) is 0 Å². The zero-order chi connectivity index (χ0) is 9.60. The molecule has 0 bridgehead atoms. The van der Waals surface area contributed by atoms with Crippen LogP contribution in [-0.4, -0.2) is 55.1 Å². The minimum atomic E-state index is 0.678. The van der Waals surface area contributed by atoms with E-state index >= 15 is 0 Å². The van der Waals surface area contributed by atoms with Crippen molar-refractivity contribution in [3.05, 3.63) is 0 Å². The highest BCUT2D eigenvalue weighted by molar-refractivity contribution is 5.04. The minimum Gasteiger partial charge on any atom is -0.329 e. The molecule has 2 heterocycles.